The summed E-state index contributed by atoms with van der Waals surface area (Å²) < 4.78 is 10.2. The highest BCUT2D eigenvalue weighted by Crippen LogP contribution is 2.28. The van der Waals surface area contributed by atoms with E-state index < -0.39 is 0 Å². The highest BCUT2D eigenvalue weighted by molar-refractivity contribution is 6.01. The summed E-state index contributed by atoms with van der Waals surface area (Å²) in [5, 5.41) is 2.03. The molecule has 0 radical (unpaired) electrons. The molecule has 0 N–H and O–H groups in total. The highest BCUT2D eigenvalue weighted by Gasteiger charge is 2.21. The third kappa shape index (κ3) is 3.70. The zero-order valence-corrected chi connectivity index (χ0v) is 13.8. The van der Waals surface area contributed by atoms with Crippen molar-refractivity contribution < 1.29 is 19.1 Å². The Bertz CT molecular complexity index is 719. The molecule has 0 amide bonds. The molecule has 0 bridgehead atoms. The first-order chi connectivity index (χ1) is 11.1. The SMILES string of the molecule is CCOC(=O)Cc1cc2ccccc2c(CC)c1C(=O)OCC. The van der Waals surface area contributed by atoms with Crippen LogP contribution in [0.1, 0.15) is 42.3 Å². The Morgan fingerprint density at radius 1 is 1.00 bits per heavy atom. The number of hydrogen-bond donors (Lipinski definition) is 0. The molecule has 2 rings (SSSR count). The van der Waals surface area contributed by atoms with Gasteiger partial charge in [0.2, 0.25) is 0 Å². The maximum absolute atomic E-state index is 12.5. The van der Waals surface area contributed by atoms with Gasteiger partial charge >= 0.3 is 11.9 Å². The third-order valence-electron chi connectivity index (χ3n) is 3.71. The zero-order chi connectivity index (χ0) is 16.8. The van der Waals surface area contributed by atoms with E-state index in [9.17, 15) is 9.59 Å². The van der Waals surface area contributed by atoms with E-state index in [0.29, 0.717) is 30.8 Å². The summed E-state index contributed by atoms with van der Waals surface area (Å²) in [5.41, 5.74) is 2.08. The van der Waals surface area contributed by atoms with Crippen LogP contribution in [-0.4, -0.2) is 25.2 Å². The molecule has 0 spiro atoms. The van der Waals surface area contributed by atoms with Gasteiger partial charge < -0.3 is 9.47 Å². The van der Waals surface area contributed by atoms with Gasteiger partial charge in [-0.05, 0) is 48.2 Å². The van der Waals surface area contributed by atoms with Gasteiger partial charge in [-0.1, -0.05) is 31.2 Å². The normalized spacial score (nSPS) is 10.6. The van der Waals surface area contributed by atoms with Gasteiger partial charge in [-0.25, -0.2) is 4.79 Å². The van der Waals surface area contributed by atoms with Crippen LogP contribution in [-0.2, 0) is 27.1 Å². The Morgan fingerprint density at radius 2 is 1.70 bits per heavy atom. The van der Waals surface area contributed by atoms with Gasteiger partial charge in [0.15, 0.2) is 0 Å². The van der Waals surface area contributed by atoms with Crippen molar-refractivity contribution in [3.8, 4) is 0 Å². The second kappa shape index (κ2) is 7.77. The first kappa shape index (κ1) is 17.0. The molecule has 2 aromatic rings. The summed E-state index contributed by atoms with van der Waals surface area (Å²) in [6.07, 6.45) is 0.755. The van der Waals surface area contributed by atoms with Gasteiger partial charge in [-0.3, -0.25) is 4.79 Å². The van der Waals surface area contributed by atoms with Crippen LogP contribution in [0.2, 0.25) is 0 Å². The highest BCUT2D eigenvalue weighted by atomic mass is 16.5. The average molecular weight is 314 g/mol. The predicted octanol–water partition coefficient (Wildman–Crippen LogP) is 3.68. The molecule has 0 aliphatic carbocycles. The number of ether oxygens (including phenoxy) is 2. The summed E-state index contributed by atoms with van der Waals surface area (Å²) in [4.78, 5) is 24.4. The van der Waals surface area contributed by atoms with Crippen LogP contribution in [0.3, 0.4) is 0 Å². The molecule has 4 heteroatoms. The number of rotatable bonds is 6. The minimum atomic E-state index is -0.380. The smallest absolute Gasteiger partial charge is 0.338 e. The lowest BCUT2D eigenvalue weighted by Gasteiger charge is -2.16. The Hall–Kier alpha value is -2.36. The van der Waals surface area contributed by atoms with Gasteiger partial charge in [0.05, 0.1) is 25.2 Å². The van der Waals surface area contributed by atoms with Gasteiger partial charge in [-0.2, -0.15) is 0 Å². The Morgan fingerprint density at radius 3 is 2.35 bits per heavy atom. The number of esters is 2. The lowest BCUT2D eigenvalue weighted by atomic mass is 9.91. The van der Waals surface area contributed by atoms with Crippen LogP contribution in [0.4, 0.5) is 0 Å². The number of carbonyl (C=O) groups is 2. The molecule has 0 saturated carbocycles. The van der Waals surface area contributed by atoms with E-state index in [1.165, 1.54) is 0 Å². The molecular formula is C19H22O4. The summed E-state index contributed by atoms with van der Waals surface area (Å²) in [5.74, 6) is -0.718. The fourth-order valence-corrected chi connectivity index (χ4v) is 2.82. The van der Waals surface area contributed by atoms with Crippen molar-refractivity contribution >= 4 is 22.7 Å². The molecule has 0 atom stereocenters. The molecule has 0 aliphatic heterocycles. The monoisotopic (exact) mass is 314 g/mol. The standard InChI is InChI=1S/C19H22O4/c1-4-15-16-10-8-7-9-13(16)11-14(12-17(20)22-5-2)18(15)19(21)23-6-3/h7-11H,4-6,12H2,1-3H3. The molecular weight excluding hydrogens is 292 g/mol. The summed E-state index contributed by atoms with van der Waals surface area (Å²) in [6.45, 7) is 6.16. The van der Waals surface area contributed by atoms with Crippen LogP contribution >= 0.6 is 0 Å². The van der Waals surface area contributed by atoms with Gasteiger partial charge in [0.1, 0.15) is 0 Å². The number of fused-ring (bicyclic) bond motifs is 1. The average Bonchev–Trinajstić information content (AvgIpc) is 2.53. The second-order valence-electron chi connectivity index (χ2n) is 5.17. The van der Waals surface area contributed by atoms with E-state index >= 15 is 0 Å². The molecule has 23 heavy (non-hydrogen) atoms. The van der Waals surface area contributed by atoms with E-state index in [4.69, 9.17) is 9.47 Å². The number of aryl methyl sites for hydroxylation is 1. The minimum absolute atomic E-state index is 0.0693. The summed E-state index contributed by atoms with van der Waals surface area (Å²) in [6, 6.07) is 9.75. The van der Waals surface area contributed by atoms with Crippen molar-refractivity contribution in [2.75, 3.05) is 13.2 Å². The van der Waals surface area contributed by atoms with E-state index in [1.54, 1.807) is 13.8 Å². The number of hydrogen-bond acceptors (Lipinski definition) is 4. The quantitative estimate of drug-likeness (QED) is 0.763. The second-order valence-corrected chi connectivity index (χ2v) is 5.17. The van der Waals surface area contributed by atoms with Crippen LogP contribution in [0.5, 0.6) is 0 Å². The molecule has 0 saturated heterocycles. The third-order valence-corrected chi connectivity index (χ3v) is 3.71. The Kier molecular flexibility index (Phi) is 5.74. The van der Waals surface area contributed by atoms with Crippen molar-refractivity contribution in [2.24, 2.45) is 0 Å². The van der Waals surface area contributed by atoms with Crippen molar-refractivity contribution in [3.05, 3.63) is 47.0 Å². The van der Waals surface area contributed by atoms with Gasteiger partial charge in [0.25, 0.3) is 0 Å². The summed E-state index contributed by atoms with van der Waals surface area (Å²) >= 11 is 0. The zero-order valence-electron chi connectivity index (χ0n) is 13.8. The largest absolute Gasteiger partial charge is 0.466 e. The topological polar surface area (TPSA) is 52.6 Å². The van der Waals surface area contributed by atoms with E-state index in [0.717, 1.165) is 16.3 Å². The first-order valence-corrected chi connectivity index (χ1v) is 7.98. The lowest BCUT2D eigenvalue weighted by Crippen LogP contribution is -2.16. The number of carbonyl (C=O) groups excluding carboxylic acids is 2. The van der Waals surface area contributed by atoms with E-state index in [2.05, 4.69) is 0 Å². The maximum atomic E-state index is 12.5. The summed E-state index contributed by atoms with van der Waals surface area (Å²) in [7, 11) is 0. The number of benzene rings is 2. The van der Waals surface area contributed by atoms with E-state index in [-0.39, 0.29) is 18.4 Å². The molecule has 0 aliphatic rings. The van der Waals surface area contributed by atoms with Crippen LogP contribution in [0.15, 0.2) is 30.3 Å². The van der Waals surface area contributed by atoms with Crippen LogP contribution in [0.25, 0.3) is 10.8 Å². The van der Waals surface area contributed by atoms with Crippen molar-refractivity contribution in [3.63, 3.8) is 0 Å². The molecule has 0 fully saturated rings. The van der Waals surface area contributed by atoms with Gasteiger partial charge in [-0.15, -0.1) is 0 Å². The van der Waals surface area contributed by atoms with Crippen LogP contribution < -0.4 is 0 Å². The maximum Gasteiger partial charge on any atom is 0.338 e. The lowest BCUT2D eigenvalue weighted by molar-refractivity contribution is -0.142. The predicted molar refractivity (Wildman–Crippen MR) is 89.6 cm³/mol. The van der Waals surface area contributed by atoms with Crippen molar-refractivity contribution in [2.45, 2.75) is 33.6 Å². The Balaban J connectivity index is 2.63. The molecule has 0 aromatic heterocycles. The van der Waals surface area contributed by atoms with E-state index in [1.807, 2.05) is 37.3 Å². The fourth-order valence-electron chi connectivity index (χ4n) is 2.82. The van der Waals surface area contributed by atoms with Gasteiger partial charge in [0, 0.05) is 0 Å². The molecule has 122 valence electrons. The molecule has 0 heterocycles. The molecule has 2 aromatic carbocycles. The Labute approximate surface area is 136 Å². The molecule has 4 nitrogen and oxygen atoms in total. The van der Waals surface area contributed by atoms with Crippen molar-refractivity contribution in [1.82, 2.24) is 0 Å². The fraction of sp³-hybridized carbons (Fsp3) is 0.368. The first-order valence-electron chi connectivity index (χ1n) is 7.98. The molecule has 0 unspecified atom stereocenters. The minimum Gasteiger partial charge on any atom is -0.466 e. The van der Waals surface area contributed by atoms with Crippen LogP contribution in [0, 0.1) is 0 Å². The van der Waals surface area contributed by atoms with Crippen molar-refractivity contribution in [1.29, 1.82) is 0 Å².